The third kappa shape index (κ3) is 1.21. The molecule has 0 nitrogen and oxygen atoms in total. The Balaban J connectivity index is 2.53. The van der Waals surface area contributed by atoms with Gasteiger partial charge in [-0.15, -0.1) is 0 Å². The van der Waals surface area contributed by atoms with Crippen LogP contribution in [0, 0.1) is 23.7 Å². The van der Waals surface area contributed by atoms with Gasteiger partial charge in [0.2, 0.25) is 0 Å². The fourth-order valence-electron chi connectivity index (χ4n) is 2.39. The van der Waals surface area contributed by atoms with E-state index in [4.69, 9.17) is 0 Å². The lowest BCUT2D eigenvalue weighted by Gasteiger charge is -2.16. The first kappa shape index (κ1) is 8.10. The lowest BCUT2D eigenvalue weighted by Crippen LogP contribution is -2.08. The zero-order valence-electron chi connectivity index (χ0n) is 7.72. The van der Waals surface area contributed by atoms with Gasteiger partial charge in [-0.3, -0.25) is 0 Å². The molecule has 0 radical (unpaired) electrons. The Morgan fingerprint density at radius 2 is 1.70 bits per heavy atom. The predicted molar refractivity (Wildman–Crippen MR) is 45.9 cm³/mol. The van der Waals surface area contributed by atoms with Crippen molar-refractivity contribution in [2.75, 3.05) is 0 Å². The van der Waals surface area contributed by atoms with Gasteiger partial charge in [0.05, 0.1) is 0 Å². The van der Waals surface area contributed by atoms with Gasteiger partial charge in [-0.25, -0.2) is 0 Å². The van der Waals surface area contributed by atoms with Crippen LogP contribution in [-0.2, 0) is 0 Å². The number of hydrogen-bond acceptors (Lipinski definition) is 0. The van der Waals surface area contributed by atoms with Crippen molar-refractivity contribution in [2.24, 2.45) is 23.7 Å². The summed E-state index contributed by atoms with van der Waals surface area (Å²) >= 11 is 0. The normalized spacial score (nSPS) is 48.0. The molecule has 1 rings (SSSR count). The summed E-state index contributed by atoms with van der Waals surface area (Å²) in [5.41, 5.74) is 0. The van der Waals surface area contributed by atoms with Gasteiger partial charge in [-0.1, -0.05) is 34.1 Å². The highest BCUT2D eigenvalue weighted by Gasteiger charge is 2.33. The Morgan fingerprint density at radius 1 is 1.10 bits per heavy atom. The van der Waals surface area contributed by atoms with Crippen molar-refractivity contribution in [3.8, 4) is 0 Å². The van der Waals surface area contributed by atoms with Crippen molar-refractivity contribution in [1.29, 1.82) is 0 Å². The summed E-state index contributed by atoms with van der Waals surface area (Å²) < 4.78 is 0. The molecule has 0 saturated heterocycles. The van der Waals surface area contributed by atoms with E-state index >= 15 is 0 Å². The molecule has 10 heavy (non-hydrogen) atoms. The molecule has 1 fully saturated rings. The molecule has 0 aromatic rings. The van der Waals surface area contributed by atoms with Crippen LogP contribution in [0.15, 0.2) is 0 Å². The fourth-order valence-corrected chi connectivity index (χ4v) is 2.39. The predicted octanol–water partition coefficient (Wildman–Crippen LogP) is 3.32. The Morgan fingerprint density at radius 3 is 1.90 bits per heavy atom. The Bertz CT molecular complexity index is 107. The summed E-state index contributed by atoms with van der Waals surface area (Å²) in [4.78, 5) is 0. The van der Waals surface area contributed by atoms with Gasteiger partial charge < -0.3 is 0 Å². The first-order chi connectivity index (χ1) is 4.66. The molecule has 0 aliphatic heterocycles. The molecule has 0 aromatic carbocycles. The van der Waals surface area contributed by atoms with E-state index in [0.29, 0.717) is 0 Å². The maximum atomic E-state index is 2.42. The molecule has 0 N–H and O–H groups in total. The molecule has 1 saturated carbocycles. The molecule has 0 bridgehead atoms. The quantitative estimate of drug-likeness (QED) is 0.524. The van der Waals surface area contributed by atoms with Crippen molar-refractivity contribution >= 4 is 0 Å². The van der Waals surface area contributed by atoms with E-state index in [-0.39, 0.29) is 0 Å². The summed E-state index contributed by atoms with van der Waals surface area (Å²) in [7, 11) is 0. The van der Waals surface area contributed by atoms with E-state index in [2.05, 4.69) is 27.7 Å². The topological polar surface area (TPSA) is 0 Å². The number of hydrogen-bond donors (Lipinski definition) is 0. The number of rotatable bonds is 1. The average Bonchev–Trinajstić information content (AvgIpc) is 2.17. The van der Waals surface area contributed by atoms with Crippen molar-refractivity contribution in [3.63, 3.8) is 0 Å². The summed E-state index contributed by atoms with van der Waals surface area (Å²) in [6.45, 7) is 9.55. The van der Waals surface area contributed by atoms with Gasteiger partial charge in [0.25, 0.3) is 0 Å². The van der Waals surface area contributed by atoms with Crippen molar-refractivity contribution in [3.05, 3.63) is 0 Å². The summed E-state index contributed by atoms with van der Waals surface area (Å²) in [6.07, 6.45) is 2.86. The minimum atomic E-state index is 0.963. The highest BCUT2D eigenvalue weighted by molar-refractivity contribution is 4.83. The first-order valence-electron chi connectivity index (χ1n) is 4.66. The molecule has 4 atom stereocenters. The van der Waals surface area contributed by atoms with Crippen molar-refractivity contribution in [2.45, 2.75) is 40.5 Å². The van der Waals surface area contributed by atoms with Crippen LogP contribution < -0.4 is 0 Å². The van der Waals surface area contributed by atoms with Crippen LogP contribution >= 0.6 is 0 Å². The molecule has 1 unspecified atom stereocenters. The van der Waals surface area contributed by atoms with E-state index in [1.165, 1.54) is 12.8 Å². The van der Waals surface area contributed by atoms with Crippen LogP contribution in [0.3, 0.4) is 0 Å². The molecule has 0 aromatic heterocycles. The van der Waals surface area contributed by atoms with E-state index in [1.807, 2.05) is 0 Å². The average molecular weight is 140 g/mol. The van der Waals surface area contributed by atoms with Gasteiger partial charge in [0.15, 0.2) is 0 Å². The molecule has 60 valence electrons. The minimum absolute atomic E-state index is 0.963. The summed E-state index contributed by atoms with van der Waals surface area (Å²) in [5, 5.41) is 0. The zero-order chi connectivity index (χ0) is 7.72. The van der Waals surface area contributed by atoms with Gasteiger partial charge in [0, 0.05) is 0 Å². The SMILES string of the molecule is CC[C@@H]1C[C@H](C)[C@H](C)C1C. The second-order valence-corrected chi connectivity index (χ2v) is 4.10. The second-order valence-electron chi connectivity index (χ2n) is 4.10. The molecular weight excluding hydrogens is 120 g/mol. The monoisotopic (exact) mass is 140 g/mol. The fraction of sp³-hybridized carbons (Fsp3) is 1.00. The van der Waals surface area contributed by atoms with Crippen LogP contribution in [-0.4, -0.2) is 0 Å². The second kappa shape index (κ2) is 2.94. The van der Waals surface area contributed by atoms with Crippen LogP contribution in [0.5, 0.6) is 0 Å². The van der Waals surface area contributed by atoms with Gasteiger partial charge in [-0.2, -0.15) is 0 Å². The summed E-state index contributed by atoms with van der Waals surface area (Å²) in [5.74, 6) is 3.93. The Hall–Kier alpha value is 0. The molecule has 0 heteroatoms. The molecule has 1 aliphatic carbocycles. The Kier molecular flexibility index (Phi) is 2.38. The molecule has 1 aliphatic rings. The van der Waals surface area contributed by atoms with Gasteiger partial charge in [-0.05, 0) is 30.1 Å². The van der Waals surface area contributed by atoms with Gasteiger partial charge >= 0.3 is 0 Å². The molecule has 0 spiro atoms. The van der Waals surface area contributed by atoms with Crippen molar-refractivity contribution < 1.29 is 0 Å². The lowest BCUT2D eigenvalue weighted by atomic mass is 9.90. The Labute approximate surface area is 65.0 Å². The lowest BCUT2D eigenvalue weighted by molar-refractivity contribution is 0.334. The molecular formula is C10H20. The first-order valence-corrected chi connectivity index (χ1v) is 4.66. The van der Waals surface area contributed by atoms with Crippen LogP contribution in [0.1, 0.15) is 40.5 Å². The van der Waals surface area contributed by atoms with Crippen molar-refractivity contribution in [1.82, 2.24) is 0 Å². The highest BCUT2D eigenvalue weighted by Crippen LogP contribution is 2.42. The third-order valence-electron chi connectivity index (χ3n) is 3.67. The highest BCUT2D eigenvalue weighted by atomic mass is 14.4. The molecule has 0 amide bonds. The molecule has 0 heterocycles. The van der Waals surface area contributed by atoms with E-state index in [1.54, 1.807) is 0 Å². The standard InChI is InChI=1S/C10H20/c1-5-10-6-7(2)8(3)9(10)4/h7-10H,5-6H2,1-4H3/t7-,8-,9?,10+/m0/s1. The van der Waals surface area contributed by atoms with Gasteiger partial charge in [0.1, 0.15) is 0 Å². The smallest absolute Gasteiger partial charge is 0.0386 e. The van der Waals surface area contributed by atoms with E-state index < -0.39 is 0 Å². The third-order valence-corrected chi connectivity index (χ3v) is 3.67. The van der Waals surface area contributed by atoms with E-state index in [0.717, 1.165) is 23.7 Å². The zero-order valence-corrected chi connectivity index (χ0v) is 7.72. The maximum absolute atomic E-state index is 2.42. The van der Waals surface area contributed by atoms with E-state index in [9.17, 15) is 0 Å². The van der Waals surface area contributed by atoms with Crippen LogP contribution in [0.4, 0.5) is 0 Å². The van der Waals surface area contributed by atoms with Crippen LogP contribution in [0.25, 0.3) is 0 Å². The summed E-state index contributed by atoms with van der Waals surface area (Å²) in [6, 6.07) is 0. The largest absolute Gasteiger partial charge is 0.0651 e. The van der Waals surface area contributed by atoms with Crippen LogP contribution in [0.2, 0.25) is 0 Å². The minimum Gasteiger partial charge on any atom is -0.0651 e. The maximum Gasteiger partial charge on any atom is -0.0386 e.